The quantitative estimate of drug-likeness (QED) is 0.0487. The summed E-state index contributed by atoms with van der Waals surface area (Å²) in [5.41, 5.74) is -2.46. The van der Waals surface area contributed by atoms with E-state index in [0.717, 1.165) is 29.7 Å². The molecule has 18 heteroatoms. The minimum Gasteiger partial charge on any atom is -0.464 e. The molecule has 0 radical (unpaired) electrons. The number of alkyl halides is 3. The largest absolute Gasteiger partial charge is 0.475 e. The van der Waals surface area contributed by atoms with Crippen molar-refractivity contribution in [2.75, 3.05) is 13.2 Å². The lowest BCUT2D eigenvalue weighted by molar-refractivity contribution is -0.147. The topological polar surface area (TPSA) is 141 Å². The first-order valence-electron chi connectivity index (χ1n) is 17.4. The molecule has 1 aliphatic carbocycles. The summed E-state index contributed by atoms with van der Waals surface area (Å²) >= 11 is 0. The lowest BCUT2D eigenvalue weighted by Crippen LogP contribution is -2.26. The summed E-state index contributed by atoms with van der Waals surface area (Å²) in [6, 6.07) is 7.20. The average Bonchev–Trinajstić information content (AvgIpc) is 3.66. The summed E-state index contributed by atoms with van der Waals surface area (Å²) in [5, 5.41) is 8.15. The van der Waals surface area contributed by atoms with Crippen LogP contribution in [0.25, 0.3) is 34.0 Å². The van der Waals surface area contributed by atoms with Gasteiger partial charge in [0.15, 0.2) is 23.2 Å². The summed E-state index contributed by atoms with van der Waals surface area (Å²) in [6.07, 6.45) is -0.588. The summed E-state index contributed by atoms with van der Waals surface area (Å²) in [5.74, 6) is -3.54. The predicted molar refractivity (Wildman–Crippen MR) is 188 cm³/mol. The number of halogens is 5. The summed E-state index contributed by atoms with van der Waals surface area (Å²) in [6.45, 7) is 9.63. The minimum atomic E-state index is -4.71. The van der Waals surface area contributed by atoms with E-state index >= 15 is 0 Å². The number of imidazole rings is 1. The van der Waals surface area contributed by atoms with Gasteiger partial charge in [0.1, 0.15) is 17.1 Å². The Balaban J connectivity index is 1.28. The van der Waals surface area contributed by atoms with Crippen molar-refractivity contribution < 1.29 is 54.1 Å². The van der Waals surface area contributed by atoms with Crippen LogP contribution in [-0.2, 0) is 33.8 Å². The molecule has 2 aliphatic heterocycles. The number of carbonyl (C=O) groups excluding carboxylic acids is 1. The molecule has 2 aromatic carbocycles. The van der Waals surface area contributed by atoms with Crippen molar-refractivity contribution in [3.63, 3.8) is 0 Å². The fourth-order valence-electron chi connectivity index (χ4n) is 5.59. The zero-order valence-corrected chi connectivity index (χ0v) is 31.7. The van der Waals surface area contributed by atoms with Crippen LogP contribution in [0.5, 0.6) is 0 Å². The Hall–Kier alpha value is -4.57. The molecule has 55 heavy (non-hydrogen) atoms. The Morgan fingerprint density at radius 3 is 2.27 bits per heavy atom. The third kappa shape index (κ3) is 9.82. The maximum absolute atomic E-state index is 14.6. The van der Waals surface area contributed by atoms with Crippen LogP contribution in [0.3, 0.4) is 0 Å². The van der Waals surface area contributed by atoms with Gasteiger partial charge in [0, 0.05) is 18.1 Å². The fourth-order valence-corrected chi connectivity index (χ4v) is 7.43. The number of esters is 1. The Kier molecular flexibility index (Phi) is 11.1. The second-order valence-corrected chi connectivity index (χ2v) is 16.5. The third-order valence-electron chi connectivity index (χ3n) is 7.99. The number of benzene rings is 2. The van der Waals surface area contributed by atoms with Crippen LogP contribution in [0.15, 0.2) is 59.4 Å². The molecule has 12 nitrogen and oxygen atoms in total. The third-order valence-corrected chi connectivity index (χ3v) is 10.0. The van der Waals surface area contributed by atoms with E-state index in [2.05, 4.69) is 20.2 Å². The van der Waals surface area contributed by atoms with E-state index < -0.39 is 54.4 Å². The Labute approximate surface area is 313 Å². The molecule has 0 saturated heterocycles. The molecular weight excluding hydrogens is 752 g/mol. The van der Waals surface area contributed by atoms with Gasteiger partial charge in [-0.15, -0.1) is 0 Å². The van der Waals surface area contributed by atoms with E-state index in [4.69, 9.17) is 22.8 Å². The molecule has 0 spiro atoms. The van der Waals surface area contributed by atoms with E-state index in [1.165, 1.54) is 36.7 Å². The first kappa shape index (κ1) is 40.1. The normalized spacial score (nSPS) is 14.7. The highest BCUT2D eigenvalue weighted by atomic mass is 31.2. The smallest absolute Gasteiger partial charge is 0.464 e. The number of hydrogen-bond acceptors (Lipinski definition) is 11. The molecule has 6 rings (SSSR count). The number of nitrogens with zero attached hydrogens (tertiary/aromatic N) is 5. The molecular formula is C37H39F5N5O7P. The maximum Gasteiger partial charge on any atom is 0.475 e. The molecule has 3 aromatic rings. The molecule has 1 aromatic heterocycles. The van der Waals surface area contributed by atoms with Crippen LogP contribution < -0.4 is 0 Å². The van der Waals surface area contributed by atoms with E-state index in [-0.39, 0.29) is 65.3 Å². The molecule has 3 aliphatic rings. The number of rotatable bonds is 13. The lowest BCUT2D eigenvalue weighted by Gasteiger charge is -2.30. The van der Waals surface area contributed by atoms with Crippen molar-refractivity contribution in [1.82, 2.24) is 24.9 Å². The number of aromatic nitrogens is 5. The van der Waals surface area contributed by atoms with Crippen molar-refractivity contribution in [3.05, 3.63) is 83.4 Å². The number of fused-ring (bicyclic) bond motifs is 1. The van der Waals surface area contributed by atoms with Crippen molar-refractivity contribution in [1.29, 1.82) is 0 Å². The molecule has 0 N–H and O–H groups in total. The standard InChI is InChI=1S/C37H39F5N5O7P/c1-35(2,3)53-55(49,54-36(4,5)6)51-16-8-15-50-34(48)32(47-20-29-28(19-43-47)44-33(45-29)24-9-7-10-26(38)31(24)39)30-18-27(46-52-30)23-14-13-22(21-11-12-21)17-25(23)37(40,41)42/h7,9-10,13-14,17-21,32H,8,11-12,15-16H2,1-6H3. The van der Waals surface area contributed by atoms with Gasteiger partial charge in [-0.3, -0.25) is 13.6 Å². The van der Waals surface area contributed by atoms with Crippen molar-refractivity contribution in [2.45, 2.75) is 90.1 Å². The second kappa shape index (κ2) is 15.2. The molecule has 0 bridgehead atoms. The monoisotopic (exact) mass is 791 g/mol. The van der Waals surface area contributed by atoms with Gasteiger partial charge in [0.25, 0.3) is 0 Å². The highest BCUT2D eigenvalue weighted by molar-refractivity contribution is 7.48. The van der Waals surface area contributed by atoms with Gasteiger partial charge < -0.3 is 9.26 Å². The Bertz CT molecular complexity index is 2170. The Morgan fingerprint density at radius 1 is 0.927 bits per heavy atom. The highest BCUT2D eigenvalue weighted by Gasteiger charge is 2.39. The van der Waals surface area contributed by atoms with Crippen molar-refractivity contribution in [2.24, 2.45) is 0 Å². The number of ether oxygens (including phenoxy) is 1. The molecule has 1 fully saturated rings. The minimum absolute atomic E-state index is 0.0292. The number of phosphoric ester groups is 1. The van der Waals surface area contributed by atoms with Crippen LogP contribution >= 0.6 is 7.82 Å². The van der Waals surface area contributed by atoms with Gasteiger partial charge in [0.05, 0.1) is 47.9 Å². The zero-order chi connectivity index (χ0) is 39.9. The number of hydrogen-bond donors (Lipinski definition) is 0. The SMILES string of the molecule is CC(C)(C)OP(=O)(OCCCOC(=O)C(c1cc(-c2ccc(C3CC3)cc2C(F)(F)F)no1)n1cc2nc(-c3cccc(F)c3F)nc-2cn1)OC(C)(C)C. The van der Waals surface area contributed by atoms with Crippen LogP contribution in [0.2, 0.25) is 0 Å². The molecule has 294 valence electrons. The summed E-state index contributed by atoms with van der Waals surface area (Å²) in [4.78, 5) is 22.3. The fraction of sp³-hybridized carbons (Fsp3) is 0.432. The van der Waals surface area contributed by atoms with E-state index in [9.17, 15) is 31.3 Å². The summed E-state index contributed by atoms with van der Waals surface area (Å²) < 4.78 is 114. The summed E-state index contributed by atoms with van der Waals surface area (Å²) in [7, 11) is -4.05. The van der Waals surface area contributed by atoms with Crippen LogP contribution in [0.1, 0.15) is 89.7 Å². The molecule has 0 amide bonds. The average molecular weight is 792 g/mol. The van der Waals surface area contributed by atoms with Crippen molar-refractivity contribution in [3.8, 4) is 34.0 Å². The van der Waals surface area contributed by atoms with Gasteiger partial charge >= 0.3 is 20.0 Å². The Morgan fingerprint density at radius 2 is 1.62 bits per heavy atom. The van der Waals surface area contributed by atoms with E-state index in [0.29, 0.717) is 5.56 Å². The zero-order valence-electron chi connectivity index (χ0n) is 30.8. The van der Waals surface area contributed by atoms with Crippen LogP contribution in [-0.4, -0.2) is 55.3 Å². The first-order chi connectivity index (χ1) is 25.7. The molecule has 1 saturated carbocycles. The molecule has 1 unspecified atom stereocenters. The first-order valence-corrected chi connectivity index (χ1v) is 18.8. The predicted octanol–water partition coefficient (Wildman–Crippen LogP) is 9.55. The number of carbonyl (C=O) groups is 1. The van der Waals surface area contributed by atoms with E-state index in [1.807, 2.05) is 0 Å². The van der Waals surface area contributed by atoms with Gasteiger partial charge in [-0.2, -0.15) is 18.3 Å². The second-order valence-electron chi connectivity index (χ2n) is 15.0. The van der Waals surface area contributed by atoms with Crippen molar-refractivity contribution >= 4 is 13.8 Å². The van der Waals surface area contributed by atoms with Gasteiger partial charge in [-0.25, -0.2) is 32.8 Å². The molecule has 1 atom stereocenters. The molecule has 3 heterocycles. The van der Waals surface area contributed by atoms with Gasteiger partial charge in [-0.05, 0) is 84.1 Å². The van der Waals surface area contributed by atoms with E-state index in [1.54, 1.807) is 47.6 Å². The highest BCUT2D eigenvalue weighted by Crippen LogP contribution is 2.55. The maximum atomic E-state index is 14.6. The number of phosphoric acid groups is 1. The van der Waals surface area contributed by atoms with Crippen LogP contribution in [0, 0.1) is 11.6 Å². The van der Waals surface area contributed by atoms with Gasteiger partial charge in [-0.1, -0.05) is 23.4 Å². The van der Waals surface area contributed by atoms with Gasteiger partial charge in [0.2, 0.25) is 6.04 Å². The van der Waals surface area contributed by atoms with Crippen LogP contribution in [0.4, 0.5) is 22.0 Å². The lowest BCUT2D eigenvalue weighted by atomic mass is 9.98.